The normalized spacial score (nSPS) is 18.6. The number of rotatable bonds is 11. The minimum Gasteiger partial charge on any atom is -0.256 e. The number of thiophene rings is 1. The highest BCUT2D eigenvalue weighted by atomic mass is 127. The van der Waals surface area contributed by atoms with Gasteiger partial charge in [0.2, 0.25) is 0 Å². The van der Waals surface area contributed by atoms with Crippen molar-refractivity contribution in [1.82, 2.24) is 0 Å². The molecule has 0 saturated heterocycles. The molecule has 5 rings (SSSR count). The van der Waals surface area contributed by atoms with Gasteiger partial charge < -0.3 is 0 Å². The number of hydrogen-bond donors (Lipinski definition) is 0. The number of aliphatic imine (C=N–C) groups is 2. The summed E-state index contributed by atoms with van der Waals surface area (Å²) in [5, 5.41) is 2.10. The Morgan fingerprint density at radius 2 is 1.56 bits per heavy atom. The van der Waals surface area contributed by atoms with E-state index in [4.69, 9.17) is 9.98 Å². The first kappa shape index (κ1) is 25.8. The van der Waals surface area contributed by atoms with Crippen LogP contribution in [0, 0.1) is 0 Å². The van der Waals surface area contributed by atoms with Gasteiger partial charge in [0.15, 0.2) is 0 Å². The Kier molecular flexibility index (Phi) is 8.70. The van der Waals surface area contributed by atoms with Crippen molar-refractivity contribution in [1.29, 1.82) is 0 Å². The SMILES string of the molecule is CCCCCCCC[C@@]1(C)c2cc(N=CC3=CC=IS3)ccc2-c2ccc(N=Cc3cccs3)cc21. The molecule has 0 spiro atoms. The summed E-state index contributed by atoms with van der Waals surface area (Å²) in [4.78, 5) is 12.2. The van der Waals surface area contributed by atoms with Gasteiger partial charge in [0, 0.05) is 27.6 Å². The fraction of sp³-hybridized carbons (Fsp3) is 0.323. The Labute approximate surface area is 232 Å². The molecule has 0 N–H and O–H groups in total. The topological polar surface area (TPSA) is 24.7 Å². The average molecular weight is 625 g/mol. The van der Waals surface area contributed by atoms with Crippen LogP contribution in [0.25, 0.3) is 11.1 Å². The van der Waals surface area contributed by atoms with E-state index in [2.05, 4.69) is 77.8 Å². The highest BCUT2D eigenvalue weighted by Crippen LogP contribution is 2.53. The summed E-state index contributed by atoms with van der Waals surface area (Å²) in [5.41, 5.74) is 7.63. The molecule has 0 bridgehead atoms. The molecule has 2 aliphatic rings. The predicted octanol–water partition coefficient (Wildman–Crippen LogP) is 10.6. The fourth-order valence-electron chi connectivity index (χ4n) is 5.18. The van der Waals surface area contributed by atoms with Gasteiger partial charge in [0.05, 0.1) is 11.4 Å². The second-order valence-electron chi connectivity index (χ2n) is 9.70. The molecule has 36 heavy (non-hydrogen) atoms. The molecule has 2 heterocycles. The van der Waals surface area contributed by atoms with Crippen LogP contribution in [-0.2, 0) is 5.41 Å². The minimum atomic E-state index is -0.0178. The van der Waals surface area contributed by atoms with Gasteiger partial charge in [-0.3, -0.25) is 9.98 Å². The molecule has 1 atom stereocenters. The van der Waals surface area contributed by atoms with Gasteiger partial charge >= 0.3 is 0 Å². The first-order valence-electron chi connectivity index (χ1n) is 12.9. The zero-order valence-corrected chi connectivity index (χ0v) is 24.8. The first-order valence-corrected chi connectivity index (χ1v) is 18.4. The van der Waals surface area contributed by atoms with E-state index in [0.29, 0.717) is 0 Å². The van der Waals surface area contributed by atoms with Crippen LogP contribution in [0.5, 0.6) is 0 Å². The second kappa shape index (κ2) is 12.1. The lowest BCUT2D eigenvalue weighted by Gasteiger charge is -2.28. The molecular weight excluding hydrogens is 591 g/mol. The zero-order valence-electron chi connectivity index (χ0n) is 21.0. The fourth-order valence-corrected chi connectivity index (χ4v) is 9.35. The van der Waals surface area contributed by atoms with E-state index < -0.39 is 0 Å². The molecular formula is C31H33IN2S2. The molecule has 1 aromatic heterocycles. The molecule has 0 radical (unpaired) electrons. The Hall–Kier alpha value is -1.83. The smallest absolute Gasteiger partial charge is 0.0633 e. The lowest BCUT2D eigenvalue weighted by atomic mass is 9.76. The molecule has 3 aromatic rings. The minimum absolute atomic E-state index is 0.0178. The number of nitrogens with zero attached hydrogens (tertiary/aromatic N) is 2. The summed E-state index contributed by atoms with van der Waals surface area (Å²) in [6, 6.07) is 17.8. The van der Waals surface area contributed by atoms with Crippen molar-refractivity contribution in [3.8, 4) is 11.1 Å². The molecule has 0 amide bonds. The predicted molar refractivity (Wildman–Crippen MR) is 172 cm³/mol. The molecule has 2 aromatic carbocycles. The molecule has 186 valence electrons. The van der Waals surface area contributed by atoms with Crippen molar-refractivity contribution in [2.45, 2.75) is 64.2 Å². The van der Waals surface area contributed by atoms with Crippen molar-refractivity contribution < 1.29 is 0 Å². The molecule has 5 heteroatoms. The van der Waals surface area contributed by atoms with Crippen LogP contribution in [0.4, 0.5) is 11.4 Å². The van der Waals surface area contributed by atoms with E-state index in [-0.39, 0.29) is 24.8 Å². The number of fused-ring (bicyclic) bond motifs is 3. The quantitative estimate of drug-likeness (QED) is 0.118. The monoisotopic (exact) mass is 624 g/mol. The summed E-state index contributed by atoms with van der Waals surface area (Å²) in [6.45, 7) is 4.73. The van der Waals surface area contributed by atoms with Crippen LogP contribution in [-0.4, -0.2) is 16.4 Å². The standard InChI is InChI=1S/C31H33IN2S2/c1-3-4-5-6-7-8-16-31(2)29-19-23(33-21-25-10-9-18-35-25)11-13-27(29)28-14-12-24(20-30(28)31)34-22-26-15-17-32-36-26/h9-15,17-22H,3-8,16H2,1-2H3/t31-/m1/s1. The highest BCUT2D eigenvalue weighted by molar-refractivity contribution is 14.2. The van der Waals surface area contributed by atoms with Crippen LogP contribution in [0.15, 0.2) is 74.9 Å². The van der Waals surface area contributed by atoms with Crippen LogP contribution >= 0.6 is 39.6 Å². The molecule has 0 saturated carbocycles. The third-order valence-corrected chi connectivity index (χ3v) is 12.1. The summed E-state index contributed by atoms with van der Waals surface area (Å²) in [7, 11) is 1.95. The van der Waals surface area contributed by atoms with Crippen LogP contribution in [0.2, 0.25) is 0 Å². The van der Waals surface area contributed by atoms with Crippen molar-refractivity contribution in [3.05, 3.63) is 80.9 Å². The lowest BCUT2D eigenvalue weighted by molar-refractivity contribution is 0.481. The Balaban J connectivity index is 1.44. The Bertz CT molecular complexity index is 1320. The second-order valence-corrected chi connectivity index (χ2v) is 15.1. The van der Waals surface area contributed by atoms with Crippen LogP contribution < -0.4 is 0 Å². The van der Waals surface area contributed by atoms with Gasteiger partial charge in [-0.05, 0) is 93.8 Å². The third kappa shape index (κ3) is 5.84. The molecule has 1 aliphatic heterocycles. The number of benzene rings is 2. The maximum atomic E-state index is 4.86. The highest BCUT2D eigenvalue weighted by Gasteiger charge is 2.39. The van der Waals surface area contributed by atoms with Crippen LogP contribution in [0.1, 0.15) is 74.8 Å². The van der Waals surface area contributed by atoms with E-state index >= 15 is 0 Å². The number of hydrogen-bond acceptors (Lipinski definition) is 4. The summed E-state index contributed by atoms with van der Waals surface area (Å²) < 4.78 is 2.31. The molecule has 1 aliphatic carbocycles. The van der Waals surface area contributed by atoms with Crippen LogP contribution in [0.3, 0.4) is 0 Å². The van der Waals surface area contributed by atoms with Crippen molar-refractivity contribution in [2.75, 3.05) is 0 Å². The molecule has 0 fully saturated rings. The van der Waals surface area contributed by atoms with Crippen molar-refractivity contribution >= 4 is 67.4 Å². The third-order valence-electron chi connectivity index (χ3n) is 7.15. The zero-order chi connectivity index (χ0) is 24.8. The molecule has 0 unspecified atom stereocenters. The van der Waals surface area contributed by atoms with Gasteiger partial charge in [-0.1, -0.05) is 79.5 Å². The number of halogens is 1. The lowest BCUT2D eigenvalue weighted by Crippen LogP contribution is -2.20. The van der Waals surface area contributed by atoms with Gasteiger partial charge in [0.1, 0.15) is 0 Å². The van der Waals surface area contributed by atoms with Crippen molar-refractivity contribution in [3.63, 3.8) is 0 Å². The van der Waals surface area contributed by atoms with E-state index in [1.165, 1.54) is 70.6 Å². The van der Waals surface area contributed by atoms with Gasteiger partial charge in [0.25, 0.3) is 0 Å². The van der Waals surface area contributed by atoms with E-state index in [1.807, 2.05) is 21.4 Å². The molecule has 2 nitrogen and oxygen atoms in total. The summed E-state index contributed by atoms with van der Waals surface area (Å²) in [6.07, 6.45) is 15.3. The van der Waals surface area contributed by atoms with E-state index in [0.717, 1.165) is 17.8 Å². The first-order chi connectivity index (χ1) is 17.7. The van der Waals surface area contributed by atoms with Gasteiger partial charge in [-0.2, -0.15) is 0 Å². The summed E-state index contributed by atoms with van der Waals surface area (Å²) in [5.74, 6) is 0. The largest absolute Gasteiger partial charge is 0.256 e. The average Bonchev–Trinajstić information content (AvgIpc) is 3.66. The van der Waals surface area contributed by atoms with E-state index in [9.17, 15) is 0 Å². The van der Waals surface area contributed by atoms with Gasteiger partial charge in [-0.25, -0.2) is 0 Å². The Morgan fingerprint density at radius 3 is 2.19 bits per heavy atom. The summed E-state index contributed by atoms with van der Waals surface area (Å²) >= 11 is 1.85. The van der Waals surface area contributed by atoms with E-state index in [1.54, 1.807) is 11.3 Å². The maximum Gasteiger partial charge on any atom is 0.0633 e. The Morgan fingerprint density at radius 1 is 0.861 bits per heavy atom. The van der Waals surface area contributed by atoms with Crippen molar-refractivity contribution in [2.24, 2.45) is 9.98 Å². The number of allylic oxidation sites excluding steroid dienone is 2. The number of unbranched alkanes of at least 4 members (excludes halogenated alkanes) is 5. The van der Waals surface area contributed by atoms with Gasteiger partial charge in [-0.15, -0.1) is 11.3 Å². The maximum absolute atomic E-state index is 4.86.